The van der Waals surface area contributed by atoms with Crippen molar-refractivity contribution < 1.29 is 9.53 Å². The van der Waals surface area contributed by atoms with Gasteiger partial charge in [0, 0.05) is 11.1 Å². The Labute approximate surface area is 183 Å². The molecular formula is C23H15N5O2S. The molecule has 2 N–H and O–H groups in total. The fraction of sp³-hybridized carbons (Fsp3) is 0.0870. The van der Waals surface area contributed by atoms with E-state index < -0.39 is 0 Å². The summed E-state index contributed by atoms with van der Waals surface area (Å²) in [5.41, 5.74) is 8.01. The molecule has 0 amide bonds. The second-order valence-electron chi connectivity index (χ2n) is 6.28. The Morgan fingerprint density at radius 2 is 1.77 bits per heavy atom. The molecule has 0 aliphatic heterocycles. The number of nitrogen functional groups attached to an aromatic ring is 1. The van der Waals surface area contributed by atoms with Gasteiger partial charge < -0.3 is 10.5 Å². The van der Waals surface area contributed by atoms with Gasteiger partial charge in [-0.1, -0.05) is 36.0 Å². The number of carbonyl (C=O) groups is 1. The van der Waals surface area contributed by atoms with Crippen molar-refractivity contribution in [2.45, 2.75) is 5.03 Å². The van der Waals surface area contributed by atoms with Gasteiger partial charge in [-0.3, -0.25) is 4.79 Å². The Kier molecular flexibility index (Phi) is 6.52. The summed E-state index contributed by atoms with van der Waals surface area (Å²) in [6.45, 7) is 0. The highest BCUT2D eigenvalue weighted by Gasteiger charge is 2.21. The molecule has 0 saturated carbocycles. The van der Waals surface area contributed by atoms with Gasteiger partial charge in [-0.05, 0) is 29.8 Å². The zero-order chi connectivity index (χ0) is 22.4. The minimum absolute atomic E-state index is 0.00997. The summed E-state index contributed by atoms with van der Waals surface area (Å²) in [5, 5.41) is 28.7. The number of anilines is 1. The highest BCUT2D eigenvalue weighted by atomic mass is 32.2. The lowest BCUT2D eigenvalue weighted by Crippen LogP contribution is -2.06. The molecule has 0 unspecified atom stereocenters. The van der Waals surface area contributed by atoms with Gasteiger partial charge in [-0.15, -0.1) is 0 Å². The van der Waals surface area contributed by atoms with Crippen molar-refractivity contribution >= 4 is 23.4 Å². The van der Waals surface area contributed by atoms with Crippen LogP contribution in [0.1, 0.15) is 27.0 Å². The zero-order valence-electron chi connectivity index (χ0n) is 16.4. The molecule has 0 aliphatic rings. The fourth-order valence-electron chi connectivity index (χ4n) is 2.93. The quantitative estimate of drug-likeness (QED) is 0.463. The lowest BCUT2D eigenvalue weighted by molar-refractivity contribution is 0.102. The number of aromatic nitrogens is 1. The first-order valence-electron chi connectivity index (χ1n) is 8.96. The first kappa shape index (κ1) is 21.4. The van der Waals surface area contributed by atoms with E-state index in [1.165, 1.54) is 6.07 Å². The van der Waals surface area contributed by atoms with Gasteiger partial charge in [0.15, 0.2) is 5.78 Å². The lowest BCUT2D eigenvalue weighted by Gasteiger charge is -2.13. The number of nitrogens with zero attached hydrogens (tertiary/aromatic N) is 4. The van der Waals surface area contributed by atoms with Crippen LogP contribution in [0.3, 0.4) is 0 Å². The summed E-state index contributed by atoms with van der Waals surface area (Å²) in [6.07, 6.45) is 0. The maximum absolute atomic E-state index is 12.6. The van der Waals surface area contributed by atoms with Crippen LogP contribution in [0, 0.1) is 34.0 Å². The van der Waals surface area contributed by atoms with Crippen LogP contribution in [0.15, 0.2) is 53.6 Å². The standard InChI is InChI=1S/C23H15N5O2S/c1-30-17-7-5-15(6-8-17)21-18(11-25)22(27)28-23(19(21)12-26)31-13-20(29)16-4-2-3-14(9-16)10-24/h2-9H,13H2,1H3,(H2,27,28). The number of benzene rings is 2. The van der Waals surface area contributed by atoms with Crippen molar-refractivity contribution in [3.05, 3.63) is 70.8 Å². The lowest BCUT2D eigenvalue weighted by atomic mass is 9.97. The van der Waals surface area contributed by atoms with Crippen molar-refractivity contribution in [3.8, 4) is 35.1 Å². The maximum atomic E-state index is 12.6. The molecule has 0 aliphatic carbocycles. The highest BCUT2D eigenvalue weighted by Crippen LogP contribution is 2.36. The molecule has 3 rings (SSSR count). The molecule has 2 aromatic carbocycles. The van der Waals surface area contributed by atoms with Crippen LogP contribution in [0.4, 0.5) is 5.82 Å². The topological polar surface area (TPSA) is 137 Å². The Morgan fingerprint density at radius 3 is 2.39 bits per heavy atom. The Hall–Kier alpha value is -4.32. The first-order chi connectivity index (χ1) is 15.0. The average molecular weight is 425 g/mol. The van der Waals surface area contributed by atoms with Crippen LogP contribution in [-0.2, 0) is 0 Å². The van der Waals surface area contributed by atoms with E-state index in [1.807, 2.05) is 12.1 Å². The van der Waals surface area contributed by atoms with E-state index in [0.717, 1.165) is 11.8 Å². The number of Topliss-reactive ketones (excluding diaryl/α,β-unsaturated/α-hetero) is 1. The Bertz CT molecular complexity index is 1280. The minimum Gasteiger partial charge on any atom is -0.497 e. The van der Waals surface area contributed by atoms with Gasteiger partial charge in [0.05, 0.1) is 30.1 Å². The summed E-state index contributed by atoms with van der Waals surface area (Å²) >= 11 is 1.06. The average Bonchev–Trinajstić information content (AvgIpc) is 2.82. The van der Waals surface area contributed by atoms with Crippen LogP contribution < -0.4 is 10.5 Å². The van der Waals surface area contributed by atoms with Gasteiger partial charge in [-0.25, -0.2) is 4.98 Å². The van der Waals surface area contributed by atoms with Crippen LogP contribution in [0.2, 0.25) is 0 Å². The molecular weight excluding hydrogens is 410 g/mol. The van der Waals surface area contributed by atoms with E-state index in [2.05, 4.69) is 11.1 Å². The van der Waals surface area contributed by atoms with E-state index in [9.17, 15) is 15.3 Å². The van der Waals surface area contributed by atoms with E-state index in [4.69, 9.17) is 15.7 Å². The first-order valence-corrected chi connectivity index (χ1v) is 9.95. The predicted molar refractivity (Wildman–Crippen MR) is 116 cm³/mol. The normalized spacial score (nSPS) is 9.87. The van der Waals surface area contributed by atoms with Gasteiger partial charge in [0.2, 0.25) is 0 Å². The molecule has 3 aromatic rings. The minimum atomic E-state index is -0.221. The van der Waals surface area contributed by atoms with E-state index in [-0.39, 0.29) is 33.5 Å². The summed E-state index contributed by atoms with van der Waals surface area (Å²) in [7, 11) is 1.54. The Morgan fingerprint density at radius 1 is 1.06 bits per heavy atom. The summed E-state index contributed by atoms with van der Waals surface area (Å²) in [5.74, 6) is 0.377. The number of nitrogens with two attached hydrogens (primary N) is 1. The maximum Gasteiger partial charge on any atom is 0.173 e. The summed E-state index contributed by atoms with van der Waals surface area (Å²) in [6, 6.07) is 19.4. The van der Waals surface area contributed by atoms with Gasteiger partial charge in [0.1, 0.15) is 34.3 Å². The number of rotatable bonds is 6. The number of nitriles is 3. The van der Waals surface area contributed by atoms with Crippen molar-refractivity contribution in [3.63, 3.8) is 0 Å². The molecule has 0 saturated heterocycles. The predicted octanol–water partition coefficient (Wildman–Crippen LogP) is 3.93. The van der Waals surface area contributed by atoms with Crippen LogP contribution in [0.5, 0.6) is 5.75 Å². The highest BCUT2D eigenvalue weighted by molar-refractivity contribution is 8.00. The van der Waals surface area contributed by atoms with Gasteiger partial charge in [0.25, 0.3) is 0 Å². The number of carbonyl (C=O) groups excluding carboxylic acids is 1. The third-order valence-corrected chi connectivity index (χ3v) is 5.42. The van der Waals surface area contributed by atoms with Gasteiger partial charge in [-0.2, -0.15) is 15.8 Å². The zero-order valence-corrected chi connectivity index (χ0v) is 17.2. The van der Waals surface area contributed by atoms with E-state index >= 15 is 0 Å². The SMILES string of the molecule is COc1ccc(-c2c(C#N)c(N)nc(SCC(=O)c3cccc(C#N)c3)c2C#N)cc1. The molecule has 0 radical (unpaired) electrons. The molecule has 0 fully saturated rings. The number of thioether (sulfide) groups is 1. The molecule has 8 heteroatoms. The molecule has 31 heavy (non-hydrogen) atoms. The molecule has 1 heterocycles. The van der Waals surface area contributed by atoms with Crippen LogP contribution in [0.25, 0.3) is 11.1 Å². The van der Waals surface area contributed by atoms with E-state index in [0.29, 0.717) is 28.0 Å². The number of pyridine rings is 1. The van der Waals surface area contributed by atoms with Crippen LogP contribution in [-0.4, -0.2) is 23.6 Å². The second kappa shape index (κ2) is 9.45. The van der Waals surface area contributed by atoms with Crippen LogP contribution >= 0.6 is 11.8 Å². The number of hydrogen-bond acceptors (Lipinski definition) is 8. The summed E-state index contributed by atoms with van der Waals surface area (Å²) in [4.78, 5) is 16.8. The van der Waals surface area contributed by atoms with Crippen molar-refractivity contribution in [1.82, 2.24) is 4.98 Å². The number of ketones is 1. The monoisotopic (exact) mass is 425 g/mol. The van der Waals surface area contributed by atoms with Crippen molar-refractivity contribution in [2.24, 2.45) is 0 Å². The van der Waals surface area contributed by atoms with Crippen molar-refractivity contribution in [1.29, 1.82) is 15.8 Å². The molecule has 1 aromatic heterocycles. The number of ether oxygens (including phenoxy) is 1. The molecule has 7 nitrogen and oxygen atoms in total. The molecule has 0 bridgehead atoms. The van der Waals surface area contributed by atoms with E-state index in [1.54, 1.807) is 49.6 Å². The molecule has 0 atom stereocenters. The third kappa shape index (κ3) is 4.48. The molecule has 0 spiro atoms. The third-order valence-electron chi connectivity index (χ3n) is 4.45. The fourth-order valence-corrected chi connectivity index (χ4v) is 3.82. The molecule has 150 valence electrons. The van der Waals surface area contributed by atoms with Gasteiger partial charge >= 0.3 is 0 Å². The largest absolute Gasteiger partial charge is 0.497 e. The smallest absolute Gasteiger partial charge is 0.173 e. The summed E-state index contributed by atoms with van der Waals surface area (Å²) < 4.78 is 5.16. The second-order valence-corrected chi connectivity index (χ2v) is 7.25. The Balaban J connectivity index is 2.00. The van der Waals surface area contributed by atoms with Crippen molar-refractivity contribution in [2.75, 3.05) is 18.6 Å². The number of methoxy groups -OCH3 is 1. The number of hydrogen-bond donors (Lipinski definition) is 1.